The van der Waals surface area contributed by atoms with Crippen LogP contribution in [-0.4, -0.2) is 0 Å². The second kappa shape index (κ2) is 11.8. The summed E-state index contributed by atoms with van der Waals surface area (Å²) in [7, 11) is 0. The molecule has 1 aliphatic rings. The van der Waals surface area contributed by atoms with Gasteiger partial charge in [0.25, 0.3) is 0 Å². The van der Waals surface area contributed by atoms with E-state index in [0.29, 0.717) is 0 Å². The molecule has 0 atom stereocenters. The van der Waals surface area contributed by atoms with Crippen molar-refractivity contribution in [3.8, 4) is 0 Å². The number of aryl methyl sites for hydroxylation is 2. The van der Waals surface area contributed by atoms with Crippen molar-refractivity contribution in [2.45, 2.75) is 111 Å². The summed E-state index contributed by atoms with van der Waals surface area (Å²) in [6.07, 6.45) is 11.5. The van der Waals surface area contributed by atoms with Crippen LogP contribution in [-0.2, 0) is 24.7 Å². The van der Waals surface area contributed by atoms with Gasteiger partial charge in [0.05, 0.1) is 0 Å². The van der Waals surface area contributed by atoms with Crippen molar-refractivity contribution in [2.24, 2.45) is 5.92 Å². The van der Waals surface area contributed by atoms with Crippen molar-refractivity contribution in [1.29, 1.82) is 0 Å². The first-order valence-electron chi connectivity index (χ1n) is 14.6. The lowest BCUT2D eigenvalue weighted by atomic mass is 9.76. The van der Waals surface area contributed by atoms with Gasteiger partial charge in [0, 0.05) is 0 Å². The summed E-state index contributed by atoms with van der Waals surface area (Å²) in [5.74, 6) is 1.74. The molecule has 0 N–H and O–H groups in total. The largest absolute Gasteiger partial charge is 0.0654 e. The minimum absolute atomic E-state index is 0.162. The summed E-state index contributed by atoms with van der Waals surface area (Å²) < 4.78 is 0. The molecule has 1 saturated carbocycles. The minimum atomic E-state index is 0.162. The zero-order chi connectivity index (χ0) is 25.7. The molecule has 3 aromatic carbocycles. The van der Waals surface area contributed by atoms with E-state index in [9.17, 15) is 0 Å². The minimum Gasteiger partial charge on any atom is -0.0654 e. The fraction of sp³-hybridized carbons (Fsp3) is 0.500. The Balaban J connectivity index is 1.52. The molecular weight excluding hydrogens is 432 g/mol. The molecule has 0 amide bonds. The standard InChI is InChI=1S/C36H48/c1-7-11-27-16-18-30(19-17-27)32-21-20-31(29(8-2)24-32)22-28-15-14-26(3)34(23-28)25-33-12-9-10-13-35(33)36(4,5)6/h9-10,12-15,20-21,23-24,27,30H,7-8,11,16-19,22,25H2,1-6H3. The molecule has 1 aliphatic carbocycles. The van der Waals surface area contributed by atoms with Gasteiger partial charge in [-0.15, -0.1) is 0 Å². The van der Waals surface area contributed by atoms with Crippen LogP contribution in [0.2, 0.25) is 0 Å². The lowest BCUT2D eigenvalue weighted by Gasteiger charge is -2.29. The lowest BCUT2D eigenvalue weighted by molar-refractivity contribution is 0.308. The summed E-state index contributed by atoms with van der Waals surface area (Å²) in [4.78, 5) is 0. The zero-order valence-corrected chi connectivity index (χ0v) is 23.8. The fourth-order valence-corrected chi connectivity index (χ4v) is 6.45. The van der Waals surface area contributed by atoms with E-state index in [1.54, 1.807) is 11.1 Å². The first kappa shape index (κ1) is 26.7. The molecule has 0 aromatic heterocycles. The first-order chi connectivity index (χ1) is 17.3. The van der Waals surface area contributed by atoms with E-state index in [-0.39, 0.29) is 5.41 Å². The molecule has 1 fully saturated rings. The molecule has 4 rings (SSSR count). The highest BCUT2D eigenvalue weighted by atomic mass is 14.3. The fourth-order valence-electron chi connectivity index (χ4n) is 6.45. The Bertz CT molecular complexity index is 1130. The van der Waals surface area contributed by atoms with Crippen molar-refractivity contribution in [3.05, 3.63) is 105 Å². The van der Waals surface area contributed by atoms with Crippen LogP contribution in [0.1, 0.15) is 124 Å². The topological polar surface area (TPSA) is 0 Å². The maximum Gasteiger partial charge on any atom is -0.00201 e. The highest BCUT2D eigenvalue weighted by molar-refractivity contribution is 5.43. The normalized spacial score (nSPS) is 18.4. The number of hydrogen-bond acceptors (Lipinski definition) is 0. The molecule has 3 aromatic rings. The molecule has 0 aliphatic heterocycles. The van der Waals surface area contributed by atoms with Crippen LogP contribution in [0.3, 0.4) is 0 Å². The highest BCUT2D eigenvalue weighted by Gasteiger charge is 2.22. The molecule has 0 radical (unpaired) electrons. The predicted molar refractivity (Wildman–Crippen MR) is 157 cm³/mol. The van der Waals surface area contributed by atoms with Gasteiger partial charge in [0.2, 0.25) is 0 Å². The molecule has 36 heavy (non-hydrogen) atoms. The smallest absolute Gasteiger partial charge is 0.00201 e. The van der Waals surface area contributed by atoms with Gasteiger partial charge in [-0.05, 0) is 114 Å². The van der Waals surface area contributed by atoms with Gasteiger partial charge in [-0.3, -0.25) is 0 Å². The van der Waals surface area contributed by atoms with Crippen LogP contribution in [0.25, 0.3) is 0 Å². The van der Waals surface area contributed by atoms with Crippen molar-refractivity contribution in [1.82, 2.24) is 0 Å². The average Bonchev–Trinajstić information content (AvgIpc) is 2.87. The van der Waals surface area contributed by atoms with E-state index in [0.717, 1.165) is 31.1 Å². The Kier molecular flexibility index (Phi) is 8.76. The van der Waals surface area contributed by atoms with E-state index >= 15 is 0 Å². The Labute approximate surface area is 221 Å². The van der Waals surface area contributed by atoms with Gasteiger partial charge < -0.3 is 0 Å². The average molecular weight is 481 g/mol. The summed E-state index contributed by atoms with van der Waals surface area (Å²) >= 11 is 0. The van der Waals surface area contributed by atoms with Crippen LogP contribution in [0, 0.1) is 12.8 Å². The van der Waals surface area contributed by atoms with E-state index in [1.807, 2.05) is 0 Å². The van der Waals surface area contributed by atoms with Crippen LogP contribution in [0.5, 0.6) is 0 Å². The molecule has 192 valence electrons. The lowest BCUT2D eigenvalue weighted by Crippen LogP contribution is -2.14. The second-order valence-corrected chi connectivity index (χ2v) is 12.4. The molecule has 0 unspecified atom stereocenters. The van der Waals surface area contributed by atoms with Crippen LogP contribution in [0.15, 0.2) is 60.7 Å². The Morgan fingerprint density at radius 3 is 2.17 bits per heavy atom. The predicted octanol–water partition coefficient (Wildman–Crippen LogP) is 10.1. The maximum absolute atomic E-state index is 2.55. The van der Waals surface area contributed by atoms with E-state index in [2.05, 4.69) is 102 Å². The molecule has 0 saturated heterocycles. The van der Waals surface area contributed by atoms with Gasteiger partial charge in [-0.1, -0.05) is 108 Å². The van der Waals surface area contributed by atoms with Crippen molar-refractivity contribution in [2.75, 3.05) is 0 Å². The summed E-state index contributed by atoms with van der Waals surface area (Å²) in [6.45, 7) is 13.9. The Hall–Kier alpha value is -2.34. The third kappa shape index (κ3) is 6.50. The van der Waals surface area contributed by atoms with Gasteiger partial charge >= 0.3 is 0 Å². The van der Waals surface area contributed by atoms with E-state index in [4.69, 9.17) is 0 Å². The van der Waals surface area contributed by atoms with Crippen LogP contribution < -0.4 is 0 Å². The molecule has 0 heteroatoms. The van der Waals surface area contributed by atoms with Gasteiger partial charge in [-0.2, -0.15) is 0 Å². The van der Waals surface area contributed by atoms with Crippen molar-refractivity contribution < 1.29 is 0 Å². The zero-order valence-electron chi connectivity index (χ0n) is 23.8. The van der Waals surface area contributed by atoms with Gasteiger partial charge in [0.1, 0.15) is 0 Å². The summed E-state index contributed by atoms with van der Waals surface area (Å²) in [5, 5.41) is 0. The van der Waals surface area contributed by atoms with Gasteiger partial charge in [-0.25, -0.2) is 0 Å². The number of hydrogen-bond donors (Lipinski definition) is 0. The molecule has 0 nitrogen and oxygen atoms in total. The maximum atomic E-state index is 2.55. The Morgan fingerprint density at radius 1 is 0.722 bits per heavy atom. The van der Waals surface area contributed by atoms with Gasteiger partial charge in [0.15, 0.2) is 0 Å². The first-order valence-corrected chi connectivity index (χ1v) is 14.6. The monoisotopic (exact) mass is 480 g/mol. The highest BCUT2D eigenvalue weighted by Crippen LogP contribution is 2.38. The third-order valence-corrected chi connectivity index (χ3v) is 8.64. The van der Waals surface area contributed by atoms with E-state index in [1.165, 1.54) is 71.9 Å². The van der Waals surface area contributed by atoms with E-state index < -0.39 is 0 Å². The van der Waals surface area contributed by atoms with Crippen molar-refractivity contribution in [3.63, 3.8) is 0 Å². The molecular formula is C36H48. The quantitative estimate of drug-likeness (QED) is 0.301. The third-order valence-electron chi connectivity index (χ3n) is 8.64. The summed E-state index contributed by atoms with van der Waals surface area (Å²) in [6, 6.07) is 23.6. The summed E-state index contributed by atoms with van der Waals surface area (Å²) in [5.41, 5.74) is 12.0. The number of benzene rings is 3. The molecule has 0 spiro atoms. The van der Waals surface area contributed by atoms with Crippen molar-refractivity contribution >= 4 is 0 Å². The Morgan fingerprint density at radius 2 is 1.47 bits per heavy atom. The molecule has 0 heterocycles. The number of rotatable bonds is 8. The van der Waals surface area contributed by atoms with Crippen LogP contribution in [0.4, 0.5) is 0 Å². The second-order valence-electron chi connectivity index (χ2n) is 12.4. The molecule has 0 bridgehead atoms. The SMILES string of the molecule is CCCC1CCC(c2ccc(Cc3ccc(C)c(Cc4ccccc4C(C)(C)C)c3)c(CC)c2)CC1. The van der Waals surface area contributed by atoms with Crippen LogP contribution >= 0.6 is 0 Å².